The molecule has 2 rings (SSSR count). The van der Waals surface area contributed by atoms with Crippen LogP contribution in [0.2, 0.25) is 0 Å². The van der Waals surface area contributed by atoms with E-state index in [0.29, 0.717) is 0 Å². The standard InChI is InChI=1S/C16H25N3OS.HI/c1-13(20-14-7-4-3-5-8-14)11-18-16(17-2)19-12-15-9-6-10-21-15;/h3-5,7-8,13,15H,6,9-12H2,1-2H3,(H2,17,18,19);1H. The minimum Gasteiger partial charge on any atom is -0.489 e. The summed E-state index contributed by atoms with van der Waals surface area (Å²) in [5.41, 5.74) is 0. The summed E-state index contributed by atoms with van der Waals surface area (Å²) in [5, 5.41) is 7.43. The summed E-state index contributed by atoms with van der Waals surface area (Å²) in [6.45, 7) is 3.77. The molecule has 1 aliphatic rings. The van der Waals surface area contributed by atoms with E-state index in [9.17, 15) is 0 Å². The van der Waals surface area contributed by atoms with Gasteiger partial charge in [0.25, 0.3) is 0 Å². The first-order valence-corrected chi connectivity index (χ1v) is 8.60. The van der Waals surface area contributed by atoms with Gasteiger partial charge in [0.1, 0.15) is 11.9 Å². The lowest BCUT2D eigenvalue weighted by Gasteiger charge is -2.18. The van der Waals surface area contributed by atoms with Crippen molar-refractivity contribution in [2.45, 2.75) is 31.1 Å². The monoisotopic (exact) mass is 435 g/mol. The fourth-order valence-electron chi connectivity index (χ4n) is 2.25. The molecule has 0 spiro atoms. The number of hydrogen-bond donors (Lipinski definition) is 2. The quantitative estimate of drug-likeness (QED) is 0.410. The van der Waals surface area contributed by atoms with E-state index in [1.807, 2.05) is 30.3 Å². The number of rotatable bonds is 6. The predicted molar refractivity (Wildman–Crippen MR) is 107 cm³/mol. The first-order chi connectivity index (χ1) is 10.3. The van der Waals surface area contributed by atoms with Crippen molar-refractivity contribution in [2.24, 2.45) is 4.99 Å². The molecule has 2 unspecified atom stereocenters. The molecule has 6 heteroatoms. The number of hydrogen-bond acceptors (Lipinski definition) is 3. The fourth-order valence-corrected chi connectivity index (χ4v) is 3.45. The number of benzene rings is 1. The Hall–Kier alpha value is -0.630. The van der Waals surface area contributed by atoms with Crippen LogP contribution in [-0.4, -0.2) is 43.2 Å². The normalized spacial score (nSPS) is 19.2. The molecule has 0 bridgehead atoms. The lowest BCUT2D eigenvalue weighted by Crippen LogP contribution is -2.43. The first-order valence-electron chi connectivity index (χ1n) is 7.55. The highest BCUT2D eigenvalue weighted by Gasteiger charge is 2.15. The molecule has 2 atom stereocenters. The molecular formula is C16H26IN3OS. The first kappa shape index (κ1) is 19.4. The third-order valence-electron chi connectivity index (χ3n) is 3.38. The van der Waals surface area contributed by atoms with Gasteiger partial charge in [0.15, 0.2) is 5.96 Å². The molecule has 1 fully saturated rings. The number of aliphatic imine (C=N–C) groups is 1. The molecule has 1 aliphatic heterocycles. The minimum atomic E-state index is 0. The summed E-state index contributed by atoms with van der Waals surface area (Å²) < 4.78 is 5.84. The highest BCUT2D eigenvalue weighted by molar-refractivity contribution is 14.0. The van der Waals surface area contributed by atoms with Crippen molar-refractivity contribution in [3.05, 3.63) is 30.3 Å². The number of halogens is 1. The van der Waals surface area contributed by atoms with E-state index in [-0.39, 0.29) is 30.1 Å². The third-order valence-corrected chi connectivity index (χ3v) is 4.78. The number of thioether (sulfide) groups is 1. The van der Waals surface area contributed by atoms with Crippen LogP contribution in [0.15, 0.2) is 35.3 Å². The van der Waals surface area contributed by atoms with E-state index in [2.05, 4.69) is 34.3 Å². The SMILES string of the molecule is CN=C(NCC(C)Oc1ccccc1)NCC1CCCS1.I. The average Bonchev–Trinajstić information content (AvgIpc) is 3.02. The molecule has 1 saturated heterocycles. The zero-order chi connectivity index (χ0) is 14.9. The molecule has 1 heterocycles. The van der Waals surface area contributed by atoms with Crippen LogP contribution < -0.4 is 15.4 Å². The van der Waals surface area contributed by atoms with Crippen LogP contribution in [0.4, 0.5) is 0 Å². The van der Waals surface area contributed by atoms with Crippen molar-refractivity contribution in [1.82, 2.24) is 10.6 Å². The molecule has 124 valence electrons. The second kappa shape index (κ2) is 11.0. The summed E-state index contributed by atoms with van der Waals surface area (Å²) in [7, 11) is 1.81. The van der Waals surface area contributed by atoms with Crippen molar-refractivity contribution < 1.29 is 4.74 Å². The minimum absolute atomic E-state index is 0. The van der Waals surface area contributed by atoms with Crippen LogP contribution >= 0.6 is 35.7 Å². The Morgan fingerprint density at radius 2 is 2.14 bits per heavy atom. The second-order valence-electron chi connectivity index (χ2n) is 5.21. The molecule has 0 saturated carbocycles. The lowest BCUT2D eigenvalue weighted by atomic mass is 10.2. The van der Waals surface area contributed by atoms with Gasteiger partial charge >= 0.3 is 0 Å². The third kappa shape index (κ3) is 7.09. The fraction of sp³-hybridized carbons (Fsp3) is 0.562. The predicted octanol–water partition coefficient (Wildman–Crippen LogP) is 3.13. The van der Waals surface area contributed by atoms with E-state index in [4.69, 9.17) is 4.74 Å². The van der Waals surface area contributed by atoms with Gasteiger partial charge in [0.05, 0.1) is 6.54 Å². The van der Waals surface area contributed by atoms with E-state index < -0.39 is 0 Å². The van der Waals surface area contributed by atoms with Crippen molar-refractivity contribution in [2.75, 3.05) is 25.9 Å². The Morgan fingerprint density at radius 3 is 2.77 bits per heavy atom. The number of para-hydroxylation sites is 1. The summed E-state index contributed by atoms with van der Waals surface area (Å²) in [5.74, 6) is 3.04. The van der Waals surface area contributed by atoms with Crippen LogP contribution in [-0.2, 0) is 0 Å². The zero-order valence-corrected chi connectivity index (χ0v) is 16.4. The Labute approximate surface area is 154 Å². The van der Waals surface area contributed by atoms with Gasteiger partial charge in [0, 0.05) is 18.8 Å². The largest absolute Gasteiger partial charge is 0.489 e. The van der Waals surface area contributed by atoms with E-state index in [0.717, 1.165) is 30.0 Å². The van der Waals surface area contributed by atoms with Crippen molar-refractivity contribution in [3.8, 4) is 5.75 Å². The van der Waals surface area contributed by atoms with Gasteiger partial charge in [-0.2, -0.15) is 11.8 Å². The topological polar surface area (TPSA) is 45.7 Å². The molecule has 2 N–H and O–H groups in total. The zero-order valence-electron chi connectivity index (χ0n) is 13.2. The molecule has 0 amide bonds. The van der Waals surface area contributed by atoms with E-state index >= 15 is 0 Å². The van der Waals surface area contributed by atoms with Gasteiger partial charge in [-0.1, -0.05) is 18.2 Å². The Bertz CT molecular complexity index is 438. The van der Waals surface area contributed by atoms with Crippen LogP contribution in [0.25, 0.3) is 0 Å². The van der Waals surface area contributed by atoms with E-state index in [1.54, 1.807) is 7.05 Å². The summed E-state index contributed by atoms with van der Waals surface area (Å²) in [4.78, 5) is 4.26. The van der Waals surface area contributed by atoms with Crippen LogP contribution in [0.3, 0.4) is 0 Å². The second-order valence-corrected chi connectivity index (χ2v) is 6.62. The Balaban J connectivity index is 0.00000242. The average molecular weight is 435 g/mol. The van der Waals surface area contributed by atoms with Gasteiger partial charge in [-0.05, 0) is 37.7 Å². The van der Waals surface area contributed by atoms with Crippen LogP contribution in [0, 0.1) is 0 Å². The number of nitrogens with one attached hydrogen (secondary N) is 2. The summed E-state index contributed by atoms with van der Waals surface area (Å²) in [6.07, 6.45) is 2.74. The molecule has 0 radical (unpaired) electrons. The summed E-state index contributed by atoms with van der Waals surface area (Å²) in [6, 6.07) is 9.90. The highest BCUT2D eigenvalue weighted by Crippen LogP contribution is 2.25. The Kier molecular flexibility index (Phi) is 9.70. The lowest BCUT2D eigenvalue weighted by molar-refractivity contribution is 0.224. The molecule has 1 aromatic carbocycles. The highest BCUT2D eigenvalue weighted by atomic mass is 127. The molecular weight excluding hydrogens is 409 g/mol. The van der Waals surface area contributed by atoms with Crippen LogP contribution in [0.1, 0.15) is 19.8 Å². The van der Waals surface area contributed by atoms with Gasteiger partial charge in [-0.3, -0.25) is 4.99 Å². The van der Waals surface area contributed by atoms with Gasteiger partial charge in [-0.15, -0.1) is 24.0 Å². The van der Waals surface area contributed by atoms with Gasteiger partial charge in [-0.25, -0.2) is 0 Å². The van der Waals surface area contributed by atoms with Gasteiger partial charge in [0.2, 0.25) is 0 Å². The van der Waals surface area contributed by atoms with Crippen molar-refractivity contribution in [3.63, 3.8) is 0 Å². The molecule has 0 aromatic heterocycles. The van der Waals surface area contributed by atoms with E-state index in [1.165, 1.54) is 18.6 Å². The number of ether oxygens (including phenoxy) is 1. The Morgan fingerprint density at radius 1 is 1.36 bits per heavy atom. The molecule has 1 aromatic rings. The molecule has 0 aliphatic carbocycles. The molecule has 22 heavy (non-hydrogen) atoms. The number of guanidine groups is 1. The molecule has 4 nitrogen and oxygen atoms in total. The number of nitrogens with zero attached hydrogens (tertiary/aromatic N) is 1. The maximum atomic E-state index is 5.84. The van der Waals surface area contributed by atoms with Gasteiger partial charge < -0.3 is 15.4 Å². The van der Waals surface area contributed by atoms with Crippen LogP contribution in [0.5, 0.6) is 5.75 Å². The maximum Gasteiger partial charge on any atom is 0.191 e. The maximum absolute atomic E-state index is 5.84. The smallest absolute Gasteiger partial charge is 0.191 e. The van der Waals surface area contributed by atoms with Crippen molar-refractivity contribution in [1.29, 1.82) is 0 Å². The van der Waals surface area contributed by atoms with Crippen molar-refractivity contribution >= 4 is 41.7 Å². The summed E-state index contributed by atoms with van der Waals surface area (Å²) >= 11 is 2.05.